The molecule has 1 spiro atoms. The molecule has 0 atom stereocenters. The highest BCUT2D eigenvalue weighted by molar-refractivity contribution is 6.11. The average Bonchev–Trinajstić information content (AvgIpc) is 3.85. The van der Waals surface area contributed by atoms with Gasteiger partial charge in [-0.25, -0.2) is 0 Å². The summed E-state index contributed by atoms with van der Waals surface area (Å²) in [6.07, 6.45) is 0. The van der Waals surface area contributed by atoms with Crippen LogP contribution in [-0.4, -0.2) is 4.57 Å². The minimum absolute atomic E-state index is 0.653. The Bertz CT molecular complexity index is 3500. The van der Waals surface area contributed by atoms with E-state index in [4.69, 9.17) is 4.74 Å². The van der Waals surface area contributed by atoms with E-state index in [1.807, 2.05) is 0 Å². The number of para-hydroxylation sites is 7. The Morgan fingerprint density at radius 3 is 1.43 bits per heavy atom. The lowest BCUT2D eigenvalue weighted by atomic mass is 9.66. The van der Waals surface area contributed by atoms with Gasteiger partial charge in [-0.1, -0.05) is 140 Å². The molecule has 65 heavy (non-hydrogen) atoms. The summed E-state index contributed by atoms with van der Waals surface area (Å²) in [6.45, 7) is 0. The van der Waals surface area contributed by atoms with Gasteiger partial charge in [0.1, 0.15) is 11.5 Å². The predicted molar refractivity (Wildman–Crippen MR) is 268 cm³/mol. The van der Waals surface area contributed by atoms with E-state index in [9.17, 15) is 0 Å². The van der Waals surface area contributed by atoms with Crippen molar-refractivity contribution in [3.63, 3.8) is 0 Å². The fourth-order valence-corrected chi connectivity index (χ4v) is 10.7. The molecule has 1 aromatic heterocycles. The molecule has 0 unspecified atom stereocenters. The average molecular weight is 832 g/mol. The Hall–Kier alpha value is -8.60. The van der Waals surface area contributed by atoms with Crippen LogP contribution in [0.2, 0.25) is 0 Å². The number of hydrogen-bond acceptors (Lipinski definition) is 3. The molecule has 1 aliphatic heterocycles. The van der Waals surface area contributed by atoms with Gasteiger partial charge in [-0.2, -0.15) is 0 Å². The van der Waals surface area contributed by atoms with E-state index in [0.29, 0.717) is 0 Å². The Kier molecular flexibility index (Phi) is 8.40. The number of ether oxygens (including phenoxy) is 1. The molecule has 0 N–H and O–H groups in total. The first-order chi connectivity index (χ1) is 32.3. The molecule has 0 saturated heterocycles. The smallest absolute Gasteiger partial charge is 0.132 e. The molecule has 0 saturated carbocycles. The van der Waals surface area contributed by atoms with Gasteiger partial charge < -0.3 is 19.1 Å². The number of anilines is 6. The minimum atomic E-state index is -0.653. The highest BCUT2D eigenvalue weighted by atomic mass is 16.5. The third-order valence-electron chi connectivity index (χ3n) is 13.4. The van der Waals surface area contributed by atoms with Crippen molar-refractivity contribution in [1.82, 2.24) is 4.57 Å². The molecule has 4 heteroatoms. The number of hydrogen-bond donors (Lipinski definition) is 0. The summed E-state index contributed by atoms with van der Waals surface area (Å²) in [4.78, 5) is 4.77. The van der Waals surface area contributed by atoms with Gasteiger partial charge in [-0.3, -0.25) is 0 Å². The van der Waals surface area contributed by atoms with Crippen LogP contribution in [0, 0.1) is 0 Å². The molecule has 13 rings (SSSR count). The van der Waals surface area contributed by atoms with E-state index >= 15 is 0 Å². The zero-order chi connectivity index (χ0) is 42.9. The van der Waals surface area contributed by atoms with Gasteiger partial charge in [0.25, 0.3) is 0 Å². The number of benzene rings is 10. The Morgan fingerprint density at radius 1 is 0.308 bits per heavy atom. The Morgan fingerprint density at radius 2 is 0.785 bits per heavy atom. The van der Waals surface area contributed by atoms with Crippen LogP contribution in [0.5, 0.6) is 11.5 Å². The quantitative estimate of drug-likeness (QED) is 0.160. The van der Waals surface area contributed by atoms with E-state index < -0.39 is 5.41 Å². The zero-order valence-corrected chi connectivity index (χ0v) is 35.4. The number of rotatable bonds is 7. The Balaban J connectivity index is 1.06. The van der Waals surface area contributed by atoms with E-state index in [-0.39, 0.29) is 0 Å². The maximum Gasteiger partial charge on any atom is 0.132 e. The van der Waals surface area contributed by atoms with E-state index in [2.05, 4.69) is 263 Å². The van der Waals surface area contributed by atoms with Crippen molar-refractivity contribution < 1.29 is 4.74 Å². The number of nitrogens with zero attached hydrogens (tertiary/aromatic N) is 3. The summed E-state index contributed by atoms with van der Waals surface area (Å²) in [5.41, 5.74) is 16.5. The molecule has 0 amide bonds. The topological polar surface area (TPSA) is 20.6 Å². The standard InChI is InChI=1S/C61H41N3O/c1-5-19-42(20-6-1)62(43-21-7-2-8-22-43)48-33-36-49-51-39-46(34-37-53(51)61(56(49)41-48)54-28-14-17-31-59(54)65-60-32-18-15-29-55(60)61)63(44-23-9-3-10-24-44)47-35-38-58-52(40-47)50-27-13-16-30-57(50)64(58)45-25-11-4-12-26-45/h1-41H. The van der Waals surface area contributed by atoms with Gasteiger partial charge in [0.05, 0.1) is 16.4 Å². The largest absolute Gasteiger partial charge is 0.457 e. The zero-order valence-electron chi connectivity index (χ0n) is 35.4. The maximum absolute atomic E-state index is 6.76. The van der Waals surface area contributed by atoms with E-state index in [1.165, 1.54) is 44.1 Å². The first-order valence-corrected chi connectivity index (χ1v) is 22.3. The molecular formula is C61H41N3O. The molecule has 11 aromatic rings. The van der Waals surface area contributed by atoms with E-state index in [0.717, 1.165) is 62.4 Å². The van der Waals surface area contributed by atoms with Crippen molar-refractivity contribution in [3.05, 3.63) is 271 Å². The lowest BCUT2D eigenvalue weighted by Gasteiger charge is -2.39. The van der Waals surface area contributed by atoms with Crippen molar-refractivity contribution in [2.45, 2.75) is 5.41 Å². The lowest BCUT2D eigenvalue weighted by Crippen LogP contribution is -2.32. The summed E-state index contributed by atoms with van der Waals surface area (Å²) in [5.74, 6) is 1.74. The molecule has 4 nitrogen and oxygen atoms in total. The Labute approximate surface area is 378 Å². The summed E-state index contributed by atoms with van der Waals surface area (Å²) >= 11 is 0. The van der Waals surface area contributed by atoms with Crippen molar-refractivity contribution in [2.24, 2.45) is 0 Å². The third kappa shape index (κ3) is 5.64. The molecule has 2 aliphatic rings. The molecule has 0 fully saturated rings. The summed E-state index contributed by atoms with van der Waals surface area (Å²) in [6, 6.07) is 89.8. The molecule has 2 heterocycles. The summed E-state index contributed by atoms with van der Waals surface area (Å²) in [7, 11) is 0. The lowest BCUT2D eigenvalue weighted by molar-refractivity contribution is 0.436. The van der Waals surface area contributed by atoms with Crippen LogP contribution >= 0.6 is 0 Å². The molecule has 1 aliphatic carbocycles. The van der Waals surface area contributed by atoms with E-state index in [1.54, 1.807) is 0 Å². The van der Waals surface area contributed by atoms with Gasteiger partial charge >= 0.3 is 0 Å². The van der Waals surface area contributed by atoms with Crippen molar-refractivity contribution >= 4 is 55.9 Å². The monoisotopic (exact) mass is 831 g/mol. The molecule has 10 aromatic carbocycles. The van der Waals surface area contributed by atoms with Crippen molar-refractivity contribution in [3.8, 4) is 28.3 Å². The first kappa shape index (κ1) is 37.0. The number of fused-ring (bicyclic) bond motifs is 12. The van der Waals surface area contributed by atoms with Gasteiger partial charge in [-0.05, 0) is 131 Å². The molecule has 0 radical (unpaired) electrons. The molecule has 306 valence electrons. The maximum atomic E-state index is 6.76. The number of aromatic nitrogens is 1. The second-order valence-electron chi connectivity index (χ2n) is 16.9. The highest BCUT2D eigenvalue weighted by Crippen LogP contribution is 2.63. The second-order valence-corrected chi connectivity index (χ2v) is 16.9. The van der Waals surface area contributed by atoms with Crippen molar-refractivity contribution in [2.75, 3.05) is 9.80 Å². The minimum Gasteiger partial charge on any atom is -0.457 e. The van der Waals surface area contributed by atoms with Crippen LogP contribution in [-0.2, 0) is 5.41 Å². The highest BCUT2D eigenvalue weighted by Gasteiger charge is 2.51. The van der Waals surface area contributed by atoms with Crippen molar-refractivity contribution in [1.29, 1.82) is 0 Å². The van der Waals surface area contributed by atoms with Gasteiger partial charge in [0.2, 0.25) is 0 Å². The summed E-state index contributed by atoms with van der Waals surface area (Å²) < 4.78 is 9.14. The molecule has 0 bridgehead atoms. The fraction of sp³-hybridized carbons (Fsp3) is 0.0164. The van der Waals surface area contributed by atoms with Gasteiger partial charge in [-0.15, -0.1) is 0 Å². The van der Waals surface area contributed by atoms with Crippen LogP contribution in [0.1, 0.15) is 22.3 Å². The van der Waals surface area contributed by atoms with Crippen LogP contribution in [0.4, 0.5) is 34.1 Å². The summed E-state index contributed by atoms with van der Waals surface area (Å²) in [5, 5.41) is 2.43. The van der Waals surface area contributed by atoms with Crippen LogP contribution in [0.3, 0.4) is 0 Å². The van der Waals surface area contributed by atoms with Gasteiger partial charge in [0.15, 0.2) is 0 Å². The fourth-order valence-electron chi connectivity index (χ4n) is 10.7. The van der Waals surface area contributed by atoms with Gasteiger partial charge in [0, 0.05) is 61.7 Å². The van der Waals surface area contributed by atoms with Crippen LogP contribution in [0.15, 0.2) is 249 Å². The van der Waals surface area contributed by atoms with Crippen LogP contribution < -0.4 is 14.5 Å². The molecular weight excluding hydrogens is 791 g/mol. The predicted octanol–water partition coefficient (Wildman–Crippen LogP) is 16.2. The second kappa shape index (κ2) is 14.8. The third-order valence-corrected chi connectivity index (χ3v) is 13.4. The first-order valence-electron chi connectivity index (χ1n) is 22.3. The van der Waals surface area contributed by atoms with Crippen LogP contribution in [0.25, 0.3) is 38.6 Å². The SMILES string of the molecule is c1ccc(N(c2ccccc2)c2ccc3c(c2)C2(c4ccccc4Oc4ccccc42)c2ccc(N(c4ccccc4)c4ccc5c(c4)c4ccccc4n5-c4ccccc4)cc2-3)cc1. The normalized spacial score (nSPS) is 12.9.